The molecule has 0 radical (unpaired) electrons. The second kappa shape index (κ2) is 5.95. The van der Waals surface area contributed by atoms with Crippen molar-refractivity contribution in [1.82, 2.24) is 20.7 Å². The normalized spacial score (nSPS) is 28.7. The van der Waals surface area contributed by atoms with Crippen molar-refractivity contribution in [2.75, 3.05) is 6.54 Å². The number of rotatable bonds is 3. The average Bonchev–Trinajstić information content (AvgIpc) is 2.82. The van der Waals surface area contributed by atoms with E-state index in [1.54, 1.807) is 4.90 Å². The lowest BCUT2D eigenvalue weighted by molar-refractivity contribution is -0.134. The van der Waals surface area contributed by atoms with E-state index in [9.17, 15) is 4.79 Å². The van der Waals surface area contributed by atoms with E-state index in [2.05, 4.69) is 36.7 Å². The Balaban J connectivity index is 1.82. The molecular weight excluding hydrogens is 296 g/mol. The number of carbonyl (C=O) groups excluding carboxylic acids is 1. The molecule has 1 aromatic rings. The Kier molecular flexibility index (Phi) is 4.16. The maximum atomic E-state index is 12.9. The molecule has 2 aliphatic rings. The van der Waals surface area contributed by atoms with Crippen LogP contribution in [0.3, 0.4) is 0 Å². The van der Waals surface area contributed by atoms with Crippen molar-refractivity contribution in [3.05, 3.63) is 35.4 Å². The van der Waals surface area contributed by atoms with Crippen molar-refractivity contribution in [3.63, 3.8) is 0 Å². The van der Waals surface area contributed by atoms with Crippen LogP contribution in [-0.2, 0) is 11.3 Å². The highest BCUT2D eigenvalue weighted by molar-refractivity contribution is 7.80. The van der Waals surface area contributed by atoms with Crippen LogP contribution < -0.4 is 10.7 Å². The molecule has 5 nitrogen and oxygen atoms in total. The number of nitrogens with one attached hydrogen (secondary N) is 2. The summed E-state index contributed by atoms with van der Waals surface area (Å²) in [6, 6.07) is 8.23. The van der Waals surface area contributed by atoms with Gasteiger partial charge in [-0.05, 0) is 31.6 Å². The summed E-state index contributed by atoms with van der Waals surface area (Å²) in [7, 11) is 0. The smallest absolute Gasteiger partial charge is 0.250 e. The SMILES string of the molecule is CCN1NC(C)C2NC(=S)N(Cc3ccc(C)cc3)C(=O)C21. The fourth-order valence-electron chi connectivity index (χ4n) is 3.17. The van der Waals surface area contributed by atoms with Crippen molar-refractivity contribution < 1.29 is 4.79 Å². The Morgan fingerprint density at radius 3 is 2.59 bits per heavy atom. The van der Waals surface area contributed by atoms with Gasteiger partial charge in [0.2, 0.25) is 5.91 Å². The molecule has 0 aromatic heterocycles. The van der Waals surface area contributed by atoms with Gasteiger partial charge in [0.05, 0.1) is 12.6 Å². The van der Waals surface area contributed by atoms with E-state index in [-0.39, 0.29) is 24.0 Å². The summed E-state index contributed by atoms with van der Waals surface area (Å²) in [6.45, 7) is 7.47. The molecule has 3 rings (SSSR count). The largest absolute Gasteiger partial charge is 0.356 e. The molecule has 22 heavy (non-hydrogen) atoms. The van der Waals surface area contributed by atoms with Crippen LogP contribution in [0.15, 0.2) is 24.3 Å². The molecule has 1 amide bonds. The van der Waals surface area contributed by atoms with Crippen LogP contribution in [0.5, 0.6) is 0 Å². The number of hydrazine groups is 1. The van der Waals surface area contributed by atoms with Crippen molar-refractivity contribution in [2.45, 2.75) is 45.4 Å². The van der Waals surface area contributed by atoms with Crippen LogP contribution in [0, 0.1) is 6.92 Å². The molecule has 3 atom stereocenters. The van der Waals surface area contributed by atoms with E-state index >= 15 is 0 Å². The summed E-state index contributed by atoms with van der Waals surface area (Å²) in [4.78, 5) is 14.6. The number of amides is 1. The number of likely N-dealkylation sites (N-methyl/N-ethyl adjacent to an activating group) is 1. The van der Waals surface area contributed by atoms with Gasteiger partial charge < -0.3 is 5.32 Å². The van der Waals surface area contributed by atoms with Gasteiger partial charge in [0, 0.05) is 12.6 Å². The first-order valence-electron chi connectivity index (χ1n) is 7.71. The van der Waals surface area contributed by atoms with Gasteiger partial charge in [-0.15, -0.1) is 0 Å². The molecule has 2 aliphatic heterocycles. The van der Waals surface area contributed by atoms with Gasteiger partial charge in [-0.2, -0.15) is 0 Å². The highest BCUT2D eigenvalue weighted by Gasteiger charge is 2.49. The van der Waals surface area contributed by atoms with Crippen LogP contribution in [0.4, 0.5) is 0 Å². The number of benzene rings is 1. The summed E-state index contributed by atoms with van der Waals surface area (Å²) in [5, 5.41) is 5.87. The van der Waals surface area contributed by atoms with E-state index < -0.39 is 0 Å². The minimum atomic E-state index is -0.197. The second-order valence-corrected chi connectivity index (χ2v) is 6.42. The van der Waals surface area contributed by atoms with E-state index in [0.717, 1.165) is 12.1 Å². The third kappa shape index (κ3) is 2.62. The topological polar surface area (TPSA) is 47.6 Å². The van der Waals surface area contributed by atoms with Gasteiger partial charge in [-0.3, -0.25) is 9.69 Å². The first kappa shape index (κ1) is 15.4. The molecule has 6 heteroatoms. The Hall–Kier alpha value is -1.50. The van der Waals surface area contributed by atoms with Crippen LogP contribution in [0.1, 0.15) is 25.0 Å². The first-order chi connectivity index (χ1) is 10.5. The number of hydrogen-bond donors (Lipinski definition) is 2. The summed E-state index contributed by atoms with van der Waals surface area (Å²) in [6.07, 6.45) is 0. The molecule has 1 aromatic carbocycles. The fraction of sp³-hybridized carbons (Fsp3) is 0.500. The average molecular weight is 318 g/mol. The van der Waals surface area contributed by atoms with E-state index in [4.69, 9.17) is 12.2 Å². The van der Waals surface area contributed by atoms with Crippen molar-refractivity contribution in [2.24, 2.45) is 0 Å². The zero-order valence-corrected chi connectivity index (χ0v) is 14.0. The number of carbonyl (C=O) groups is 1. The van der Waals surface area contributed by atoms with Crippen LogP contribution in [0.2, 0.25) is 0 Å². The Morgan fingerprint density at radius 2 is 1.95 bits per heavy atom. The molecule has 0 saturated carbocycles. The Bertz CT molecular complexity index is 588. The monoisotopic (exact) mass is 318 g/mol. The lowest BCUT2D eigenvalue weighted by Crippen LogP contribution is -2.64. The quantitative estimate of drug-likeness (QED) is 0.820. The third-order valence-electron chi connectivity index (χ3n) is 4.44. The Morgan fingerprint density at radius 1 is 1.27 bits per heavy atom. The molecule has 0 aliphatic carbocycles. The van der Waals surface area contributed by atoms with Crippen molar-refractivity contribution >= 4 is 23.2 Å². The number of hydrogen-bond acceptors (Lipinski definition) is 4. The van der Waals surface area contributed by atoms with Crippen LogP contribution in [0.25, 0.3) is 0 Å². The minimum absolute atomic E-state index is 0.0363. The van der Waals surface area contributed by atoms with Gasteiger partial charge in [0.15, 0.2) is 5.11 Å². The van der Waals surface area contributed by atoms with Gasteiger partial charge in [0.1, 0.15) is 6.04 Å². The van der Waals surface area contributed by atoms with Crippen molar-refractivity contribution in [3.8, 4) is 0 Å². The number of nitrogens with zero attached hydrogens (tertiary/aromatic N) is 2. The maximum absolute atomic E-state index is 12.9. The zero-order chi connectivity index (χ0) is 15.9. The zero-order valence-electron chi connectivity index (χ0n) is 13.2. The van der Waals surface area contributed by atoms with Crippen LogP contribution in [-0.4, -0.2) is 45.6 Å². The van der Waals surface area contributed by atoms with Gasteiger partial charge in [-0.1, -0.05) is 36.8 Å². The van der Waals surface area contributed by atoms with Crippen molar-refractivity contribution in [1.29, 1.82) is 0 Å². The molecule has 3 unspecified atom stereocenters. The predicted octanol–water partition coefficient (Wildman–Crippen LogP) is 1.18. The molecule has 2 N–H and O–H groups in total. The van der Waals surface area contributed by atoms with Gasteiger partial charge in [-0.25, -0.2) is 10.4 Å². The highest BCUT2D eigenvalue weighted by atomic mass is 32.1. The van der Waals surface area contributed by atoms with E-state index in [1.807, 2.05) is 24.1 Å². The number of fused-ring (bicyclic) bond motifs is 1. The lowest BCUT2D eigenvalue weighted by Gasteiger charge is -2.38. The lowest BCUT2D eigenvalue weighted by atomic mass is 10.00. The molecule has 2 saturated heterocycles. The molecular formula is C16H22N4OS. The molecule has 0 bridgehead atoms. The predicted molar refractivity (Wildman–Crippen MR) is 90.0 cm³/mol. The van der Waals surface area contributed by atoms with Gasteiger partial charge in [0.25, 0.3) is 0 Å². The molecule has 0 spiro atoms. The number of aryl methyl sites for hydroxylation is 1. The minimum Gasteiger partial charge on any atom is -0.356 e. The standard InChI is InChI=1S/C16H22N4OS/c1-4-20-14-13(11(3)18-20)17-16(22)19(15(14)21)9-12-7-5-10(2)6-8-12/h5-8,11,13-14,18H,4,9H2,1-3H3,(H,17,22). The molecule has 118 valence electrons. The second-order valence-electron chi connectivity index (χ2n) is 6.03. The summed E-state index contributed by atoms with van der Waals surface area (Å²) in [5.74, 6) is 0.0769. The summed E-state index contributed by atoms with van der Waals surface area (Å²) in [5.41, 5.74) is 5.65. The fourth-order valence-corrected chi connectivity index (χ4v) is 3.46. The summed E-state index contributed by atoms with van der Waals surface area (Å²) < 4.78 is 0. The third-order valence-corrected chi connectivity index (χ3v) is 4.78. The van der Waals surface area contributed by atoms with Gasteiger partial charge >= 0.3 is 0 Å². The maximum Gasteiger partial charge on any atom is 0.250 e. The summed E-state index contributed by atoms with van der Waals surface area (Å²) >= 11 is 5.43. The molecule has 2 heterocycles. The Labute approximate surface area is 136 Å². The van der Waals surface area contributed by atoms with E-state index in [0.29, 0.717) is 11.7 Å². The highest BCUT2D eigenvalue weighted by Crippen LogP contribution is 2.23. The van der Waals surface area contributed by atoms with E-state index in [1.165, 1.54) is 5.56 Å². The number of thiocarbonyl (C=S) groups is 1. The van der Waals surface area contributed by atoms with Crippen LogP contribution >= 0.6 is 12.2 Å². The first-order valence-corrected chi connectivity index (χ1v) is 8.12. The molecule has 2 fully saturated rings.